The van der Waals surface area contributed by atoms with Gasteiger partial charge >= 0.3 is 6.36 Å². The van der Waals surface area contributed by atoms with E-state index in [2.05, 4.69) is 25.5 Å². The number of ether oxygens (including phenoxy) is 1. The molecule has 2 amide bonds. The number of carbonyl (C=O) groups is 2. The maximum Gasteiger partial charge on any atom is 0.574 e. The van der Waals surface area contributed by atoms with Gasteiger partial charge in [0.05, 0.1) is 5.56 Å². The first-order valence-corrected chi connectivity index (χ1v) is 6.49. The molecule has 0 fully saturated rings. The normalized spacial score (nSPS) is 11.0. The average molecular weight is 343 g/mol. The molecule has 8 nitrogen and oxygen atoms in total. The highest BCUT2D eigenvalue weighted by Gasteiger charge is 2.31. The summed E-state index contributed by atoms with van der Waals surface area (Å²) in [4.78, 5) is 27.0. The number of nitrogens with one attached hydrogen (secondary N) is 2. The molecule has 0 atom stereocenters. The van der Waals surface area contributed by atoms with E-state index in [-0.39, 0.29) is 23.0 Å². The molecular weight excluding hydrogens is 331 g/mol. The highest BCUT2D eigenvalue weighted by Crippen LogP contribution is 2.20. The van der Waals surface area contributed by atoms with Crippen LogP contribution in [0.3, 0.4) is 0 Å². The molecule has 0 unspecified atom stereocenters. The Hall–Kier alpha value is -3.11. The van der Waals surface area contributed by atoms with Crippen LogP contribution in [0.1, 0.15) is 20.8 Å². The van der Waals surface area contributed by atoms with E-state index in [1.54, 1.807) is 0 Å². The van der Waals surface area contributed by atoms with Gasteiger partial charge in [-0.05, 0) is 6.07 Å². The van der Waals surface area contributed by atoms with Gasteiger partial charge < -0.3 is 15.4 Å². The van der Waals surface area contributed by atoms with E-state index in [1.807, 2.05) is 0 Å². The quantitative estimate of drug-likeness (QED) is 0.873. The van der Waals surface area contributed by atoms with Gasteiger partial charge in [0.25, 0.3) is 11.8 Å². The molecule has 128 valence electrons. The Bertz CT molecular complexity index is 755. The molecule has 11 heteroatoms. The Morgan fingerprint density at radius 3 is 2.50 bits per heavy atom. The molecule has 0 aliphatic heterocycles. The van der Waals surface area contributed by atoms with Gasteiger partial charge in [-0.1, -0.05) is 0 Å². The number of amides is 2. The monoisotopic (exact) mass is 343 g/mol. The Kier molecular flexibility index (Phi) is 4.71. The van der Waals surface area contributed by atoms with Crippen molar-refractivity contribution in [1.82, 2.24) is 20.1 Å². The van der Waals surface area contributed by atoms with Gasteiger partial charge in [0.15, 0.2) is 5.82 Å². The average Bonchev–Trinajstić information content (AvgIpc) is 2.86. The third-order valence-electron chi connectivity index (χ3n) is 2.80. The van der Waals surface area contributed by atoms with Crippen molar-refractivity contribution < 1.29 is 27.5 Å². The van der Waals surface area contributed by atoms with Crippen LogP contribution in [-0.2, 0) is 7.05 Å². The van der Waals surface area contributed by atoms with Crippen molar-refractivity contribution in [3.8, 4) is 5.88 Å². The first-order valence-electron chi connectivity index (χ1n) is 6.49. The number of carbonyl (C=O) groups excluding carboxylic acids is 2. The lowest BCUT2D eigenvalue weighted by Gasteiger charge is -2.07. The molecule has 0 aliphatic rings. The lowest BCUT2D eigenvalue weighted by Crippen LogP contribution is -2.20. The van der Waals surface area contributed by atoms with Crippen LogP contribution >= 0.6 is 0 Å². The summed E-state index contributed by atoms with van der Waals surface area (Å²) < 4.78 is 41.0. The fourth-order valence-electron chi connectivity index (χ4n) is 1.75. The summed E-state index contributed by atoms with van der Waals surface area (Å²) in [7, 11) is 2.97. The summed E-state index contributed by atoms with van der Waals surface area (Å²) in [5, 5.41) is 8.77. The van der Waals surface area contributed by atoms with E-state index in [0.717, 1.165) is 18.3 Å². The fourth-order valence-corrected chi connectivity index (χ4v) is 1.75. The van der Waals surface area contributed by atoms with Crippen molar-refractivity contribution in [3.63, 3.8) is 0 Å². The van der Waals surface area contributed by atoms with Gasteiger partial charge in [0.2, 0.25) is 5.88 Å². The first-order chi connectivity index (χ1) is 11.2. The number of anilines is 1. The van der Waals surface area contributed by atoms with Crippen LogP contribution in [0.15, 0.2) is 24.4 Å². The highest BCUT2D eigenvalue weighted by molar-refractivity contribution is 6.04. The molecule has 2 N–H and O–H groups in total. The number of aryl methyl sites for hydroxylation is 1. The van der Waals surface area contributed by atoms with Crippen molar-refractivity contribution >= 4 is 17.6 Å². The second kappa shape index (κ2) is 6.56. The van der Waals surface area contributed by atoms with Crippen LogP contribution in [0.25, 0.3) is 0 Å². The maximum atomic E-state index is 12.0. The molecule has 24 heavy (non-hydrogen) atoms. The maximum absolute atomic E-state index is 12.0. The van der Waals surface area contributed by atoms with Crippen LogP contribution in [0.5, 0.6) is 5.88 Å². The third-order valence-corrected chi connectivity index (χ3v) is 2.80. The van der Waals surface area contributed by atoms with Crippen molar-refractivity contribution in [2.45, 2.75) is 6.36 Å². The molecule has 0 aliphatic carbocycles. The minimum atomic E-state index is -4.86. The van der Waals surface area contributed by atoms with Crippen molar-refractivity contribution in [2.75, 3.05) is 12.4 Å². The topological polar surface area (TPSA) is 98.1 Å². The van der Waals surface area contributed by atoms with E-state index < -0.39 is 18.1 Å². The van der Waals surface area contributed by atoms with Crippen LogP contribution in [0.4, 0.5) is 19.0 Å². The number of halogens is 3. The van der Waals surface area contributed by atoms with Crippen LogP contribution in [0.2, 0.25) is 0 Å². The number of pyridine rings is 1. The van der Waals surface area contributed by atoms with E-state index >= 15 is 0 Å². The summed E-state index contributed by atoms with van der Waals surface area (Å²) in [5.41, 5.74) is 0.219. The lowest BCUT2D eigenvalue weighted by atomic mass is 10.2. The second-order valence-electron chi connectivity index (χ2n) is 4.50. The molecule has 0 aromatic carbocycles. The Balaban J connectivity index is 2.09. The number of aromatic nitrogens is 3. The van der Waals surface area contributed by atoms with E-state index in [1.165, 1.54) is 24.8 Å². The van der Waals surface area contributed by atoms with Crippen molar-refractivity contribution in [3.05, 3.63) is 35.7 Å². The zero-order chi connectivity index (χ0) is 17.9. The van der Waals surface area contributed by atoms with E-state index in [0.29, 0.717) is 0 Å². The highest BCUT2D eigenvalue weighted by atomic mass is 19.4. The lowest BCUT2D eigenvalue weighted by molar-refractivity contribution is -0.276. The van der Waals surface area contributed by atoms with Gasteiger partial charge in [0, 0.05) is 32.4 Å². The Morgan fingerprint density at radius 1 is 1.25 bits per heavy atom. The van der Waals surface area contributed by atoms with Crippen molar-refractivity contribution in [1.29, 1.82) is 0 Å². The zero-order valence-electron chi connectivity index (χ0n) is 12.5. The molecule has 0 saturated heterocycles. The largest absolute Gasteiger partial charge is 0.574 e. The van der Waals surface area contributed by atoms with Gasteiger partial charge in [0.1, 0.15) is 5.69 Å². The molecule has 0 spiro atoms. The summed E-state index contributed by atoms with van der Waals surface area (Å²) in [6.07, 6.45) is -3.93. The predicted octanol–water partition coefficient (Wildman–Crippen LogP) is 1.33. The van der Waals surface area contributed by atoms with Crippen molar-refractivity contribution in [2.24, 2.45) is 7.05 Å². The number of hydrogen-bond acceptors (Lipinski definition) is 5. The second-order valence-corrected chi connectivity index (χ2v) is 4.50. The molecule has 0 bridgehead atoms. The fraction of sp³-hybridized carbons (Fsp3) is 0.231. The molecule has 0 saturated carbocycles. The van der Waals surface area contributed by atoms with Gasteiger partial charge in [-0.25, -0.2) is 4.98 Å². The van der Waals surface area contributed by atoms with E-state index in [9.17, 15) is 22.8 Å². The number of rotatable bonds is 4. The third kappa shape index (κ3) is 4.21. The summed E-state index contributed by atoms with van der Waals surface area (Å²) in [6, 6.07) is 3.38. The SMILES string of the molecule is CNC(=O)c1cc(NC(=O)c2ccc(OC(F)(F)F)nc2)nn1C. The molecule has 2 rings (SSSR count). The molecule has 0 radical (unpaired) electrons. The minimum Gasteiger partial charge on any atom is -0.388 e. The van der Waals surface area contributed by atoms with Crippen LogP contribution in [0, 0.1) is 0 Å². The molecule has 2 aromatic rings. The molecular formula is C13H12F3N5O3. The first kappa shape index (κ1) is 17.2. The van der Waals surface area contributed by atoms with Gasteiger partial charge in [-0.2, -0.15) is 5.10 Å². The molecule has 2 aromatic heterocycles. The Morgan fingerprint density at radius 2 is 1.96 bits per heavy atom. The Labute approximate surface area is 133 Å². The summed E-state index contributed by atoms with van der Waals surface area (Å²) in [5.74, 6) is -1.61. The molecule has 2 heterocycles. The number of alkyl halides is 3. The number of nitrogens with zero attached hydrogens (tertiary/aromatic N) is 3. The van der Waals surface area contributed by atoms with E-state index in [4.69, 9.17) is 0 Å². The predicted molar refractivity (Wildman–Crippen MR) is 75.5 cm³/mol. The summed E-state index contributed by atoms with van der Waals surface area (Å²) >= 11 is 0. The summed E-state index contributed by atoms with van der Waals surface area (Å²) in [6.45, 7) is 0. The van der Waals surface area contributed by atoms with Crippen LogP contribution < -0.4 is 15.4 Å². The van der Waals surface area contributed by atoms with Crippen LogP contribution in [-0.4, -0.2) is 40.0 Å². The van der Waals surface area contributed by atoms with Gasteiger partial charge in [-0.3, -0.25) is 14.3 Å². The minimum absolute atomic E-state index is 0.00308. The number of hydrogen-bond donors (Lipinski definition) is 2. The van der Waals surface area contributed by atoms with Gasteiger partial charge in [-0.15, -0.1) is 13.2 Å². The smallest absolute Gasteiger partial charge is 0.388 e. The zero-order valence-corrected chi connectivity index (χ0v) is 12.5. The standard InChI is InChI=1S/C13H12F3N5O3/c1-17-12(23)8-5-9(20-21(8)2)19-11(22)7-3-4-10(18-6-7)24-13(14,15)16/h3-6H,1-2H3,(H,17,23)(H,19,20,22).